The van der Waals surface area contributed by atoms with Gasteiger partial charge in [-0.2, -0.15) is 11.3 Å². The molecule has 0 saturated carbocycles. The number of nitrogens with zero attached hydrogens (tertiary/aromatic N) is 2. The Labute approximate surface area is 120 Å². The van der Waals surface area contributed by atoms with Gasteiger partial charge in [-0.1, -0.05) is 17.3 Å². The lowest BCUT2D eigenvalue weighted by atomic mass is 10.1. The van der Waals surface area contributed by atoms with E-state index in [4.69, 9.17) is 10.9 Å². The van der Waals surface area contributed by atoms with E-state index in [0.717, 1.165) is 5.56 Å². The van der Waals surface area contributed by atoms with Crippen molar-refractivity contribution in [3.8, 4) is 0 Å². The Hall–Kier alpha value is -2.34. The number of anilines is 1. The average molecular weight is 289 g/mol. The van der Waals surface area contributed by atoms with Crippen LogP contribution in [0.2, 0.25) is 0 Å². The molecule has 0 fully saturated rings. The predicted octanol–water partition coefficient (Wildman–Crippen LogP) is 2.43. The number of nitrogens with two attached hydrogens (primary N) is 1. The van der Waals surface area contributed by atoms with Crippen LogP contribution < -0.4 is 10.6 Å². The highest BCUT2D eigenvalue weighted by Crippen LogP contribution is 2.21. The summed E-state index contributed by atoms with van der Waals surface area (Å²) in [5.41, 5.74) is 8.45. The number of thiophene rings is 1. The summed E-state index contributed by atoms with van der Waals surface area (Å²) in [4.78, 5) is 13.9. The number of hydrogen-bond acceptors (Lipinski definition) is 4. The van der Waals surface area contributed by atoms with Crippen LogP contribution in [-0.2, 0) is 0 Å². The first-order chi connectivity index (χ1) is 9.54. The second-order valence-electron chi connectivity index (χ2n) is 4.37. The van der Waals surface area contributed by atoms with Crippen molar-refractivity contribution in [2.24, 2.45) is 10.9 Å². The van der Waals surface area contributed by atoms with E-state index in [1.54, 1.807) is 36.2 Å². The molecule has 20 heavy (non-hydrogen) atoms. The molecule has 1 heterocycles. The highest BCUT2D eigenvalue weighted by Gasteiger charge is 2.16. The Kier molecular flexibility index (Phi) is 4.05. The lowest BCUT2D eigenvalue weighted by molar-refractivity contribution is 0.0993. The van der Waals surface area contributed by atoms with Gasteiger partial charge in [-0.25, -0.2) is 0 Å². The van der Waals surface area contributed by atoms with Gasteiger partial charge in [0.05, 0.1) is 5.56 Å². The quantitative estimate of drug-likeness (QED) is 0.394. The van der Waals surface area contributed by atoms with Crippen LogP contribution >= 0.6 is 11.3 Å². The topological polar surface area (TPSA) is 78.9 Å². The van der Waals surface area contributed by atoms with Gasteiger partial charge in [0.25, 0.3) is 5.91 Å². The van der Waals surface area contributed by atoms with Crippen LogP contribution in [-0.4, -0.2) is 24.0 Å². The molecule has 1 aromatic carbocycles. The molecule has 1 amide bonds. The van der Waals surface area contributed by atoms with Crippen molar-refractivity contribution in [1.82, 2.24) is 0 Å². The van der Waals surface area contributed by atoms with E-state index < -0.39 is 0 Å². The summed E-state index contributed by atoms with van der Waals surface area (Å²) in [5.74, 6) is -0.0696. The molecule has 0 aliphatic carbocycles. The molecule has 2 rings (SSSR count). The van der Waals surface area contributed by atoms with E-state index in [2.05, 4.69) is 5.16 Å². The zero-order valence-corrected chi connectivity index (χ0v) is 12.0. The molecule has 0 saturated heterocycles. The second kappa shape index (κ2) is 5.75. The van der Waals surface area contributed by atoms with Crippen molar-refractivity contribution >= 4 is 28.8 Å². The number of carbonyl (C=O) groups excluding carboxylic acids is 1. The van der Waals surface area contributed by atoms with E-state index in [1.807, 2.05) is 17.7 Å². The van der Waals surface area contributed by atoms with Gasteiger partial charge in [0.1, 0.15) is 0 Å². The van der Waals surface area contributed by atoms with Crippen molar-refractivity contribution < 1.29 is 10.0 Å². The smallest absolute Gasteiger partial charge is 0.259 e. The van der Waals surface area contributed by atoms with Gasteiger partial charge in [-0.15, -0.1) is 0 Å². The summed E-state index contributed by atoms with van der Waals surface area (Å²) in [6.07, 6.45) is 0. The minimum absolute atomic E-state index is 0.0133. The van der Waals surface area contributed by atoms with Gasteiger partial charge in [-0.05, 0) is 30.0 Å². The van der Waals surface area contributed by atoms with Gasteiger partial charge in [0.2, 0.25) is 0 Å². The summed E-state index contributed by atoms with van der Waals surface area (Å²) in [5, 5.41) is 15.4. The maximum absolute atomic E-state index is 12.4. The summed E-state index contributed by atoms with van der Waals surface area (Å²) in [7, 11) is 1.70. The minimum atomic E-state index is -0.0830. The normalized spacial score (nSPS) is 11.4. The summed E-state index contributed by atoms with van der Waals surface area (Å²) >= 11 is 1.50. The van der Waals surface area contributed by atoms with Gasteiger partial charge in [0.15, 0.2) is 5.84 Å². The number of amides is 1. The third-order valence-electron chi connectivity index (χ3n) is 3.03. The Morgan fingerprint density at radius 2 is 2.15 bits per heavy atom. The lowest BCUT2D eigenvalue weighted by Gasteiger charge is -2.18. The van der Waals surface area contributed by atoms with Crippen molar-refractivity contribution in [1.29, 1.82) is 0 Å². The Bertz CT molecular complexity index is 664. The number of oxime groups is 1. The van der Waals surface area contributed by atoms with Crippen LogP contribution in [0.15, 0.2) is 40.2 Å². The van der Waals surface area contributed by atoms with Crippen molar-refractivity contribution in [3.63, 3.8) is 0 Å². The van der Waals surface area contributed by atoms with E-state index in [9.17, 15) is 4.79 Å². The number of benzene rings is 1. The lowest BCUT2D eigenvalue weighted by Crippen LogP contribution is -2.26. The third kappa shape index (κ3) is 2.65. The molecular formula is C14H15N3O2S. The molecule has 2 aromatic rings. The van der Waals surface area contributed by atoms with Crippen LogP contribution in [0.3, 0.4) is 0 Å². The molecule has 0 radical (unpaired) electrons. The fourth-order valence-electron chi connectivity index (χ4n) is 1.81. The maximum Gasteiger partial charge on any atom is 0.259 e. The van der Waals surface area contributed by atoms with Crippen LogP contribution in [0.25, 0.3) is 0 Å². The summed E-state index contributed by atoms with van der Waals surface area (Å²) in [6, 6.07) is 6.97. The first kappa shape index (κ1) is 14.1. The zero-order valence-electron chi connectivity index (χ0n) is 11.2. The molecular weight excluding hydrogens is 274 g/mol. The van der Waals surface area contributed by atoms with Gasteiger partial charge in [0, 0.05) is 23.7 Å². The number of amidine groups is 1. The Morgan fingerprint density at radius 1 is 1.40 bits per heavy atom. The van der Waals surface area contributed by atoms with E-state index in [0.29, 0.717) is 16.8 Å². The molecule has 0 aliphatic rings. The van der Waals surface area contributed by atoms with E-state index in [1.165, 1.54) is 11.3 Å². The predicted molar refractivity (Wildman–Crippen MR) is 80.7 cm³/mol. The summed E-state index contributed by atoms with van der Waals surface area (Å²) in [6.45, 7) is 1.91. The summed E-state index contributed by atoms with van der Waals surface area (Å²) < 4.78 is 0. The number of aryl methyl sites for hydroxylation is 1. The first-order valence-electron chi connectivity index (χ1n) is 5.93. The second-order valence-corrected chi connectivity index (χ2v) is 5.11. The molecule has 5 nitrogen and oxygen atoms in total. The molecule has 0 spiro atoms. The molecule has 6 heteroatoms. The molecule has 0 atom stereocenters. The van der Waals surface area contributed by atoms with Crippen LogP contribution in [0.4, 0.5) is 5.69 Å². The highest BCUT2D eigenvalue weighted by atomic mass is 32.1. The van der Waals surface area contributed by atoms with E-state index in [-0.39, 0.29) is 11.7 Å². The SMILES string of the molecule is Cc1cscc1C(=O)N(C)c1cccc(C(N)=NO)c1. The minimum Gasteiger partial charge on any atom is -0.409 e. The fraction of sp³-hybridized carbons (Fsp3) is 0.143. The molecule has 0 unspecified atom stereocenters. The van der Waals surface area contributed by atoms with Gasteiger partial charge < -0.3 is 15.8 Å². The van der Waals surface area contributed by atoms with Crippen molar-refractivity contribution in [3.05, 3.63) is 51.7 Å². The van der Waals surface area contributed by atoms with Crippen LogP contribution in [0, 0.1) is 6.92 Å². The molecule has 3 N–H and O–H groups in total. The van der Waals surface area contributed by atoms with Gasteiger partial charge in [-0.3, -0.25) is 4.79 Å². The first-order valence-corrected chi connectivity index (χ1v) is 6.87. The zero-order chi connectivity index (χ0) is 14.7. The van der Waals surface area contributed by atoms with Crippen LogP contribution in [0.5, 0.6) is 0 Å². The van der Waals surface area contributed by atoms with Crippen molar-refractivity contribution in [2.75, 3.05) is 11.9 Å². The standard InChI is InChI=1S/C14H15N3O2S/c1-9-7-20-8-12(9)14(18)17(2)11-5-3-4-10(6-11)13(15)16-19/h3-8,19H,1-2H3,(H2,15,16). The number of carbonyl (C=O) groups is 1. The third-order valence-corrected chi connectivity index (χ3v) is 3.89. The number of rotatable bonds is 3. The molecule has 1 aromatic heterocycles. The number of hydrogen-bond donors (Lipinski definition) is 2. The fourth-order valence-corrected chi connectivity index (χ4v) is 2.63. The van der Waals surface area contributed by atoms with Gasteiger partial charge >= 0.3 is 0 Å². The van der Waals surface area contributed by atoms with Crippen LogP contribution in [0.1, 0.15) is 21.5 Å². The van der Waals surface area contributed by atoms with Crippen molar-refractivity contribution in [2.45, 2.75) is 6.92 Å². The molecule has 0 aliphatic heterocycles. The largest absolute Gasteiger partial charge is 0.409 e. The molecule has 0 bridgehead atoms. The highest BCUT2D eigenvalue weighted by molar-refractivity contribution is 7.08. The average Bonchev–Trinajstić information content (AvgIpc) is 2.91. The van der Waals surface area contributed by atoms with E-state index >= 15 is 0 Å². The maximum atomic E-state index is 12.4. The Morgan fingerprint density at radius 3 is 2.75 bits per heavy atom. The monoisotopic (exact) mass is 289 g/mol. The Balaban J connectivity index is 2.32. The molecule has 104 valence electrons.